The van der Waals surface area contributed by atoms with Crippen LogP contribution in [0.15, 0.2) is 18.5 Å². The molecule has 1 atom stereocenters. The van der Waals surface area contributed by atoms with Gasteiger partial charge in [-0.2, -0.15) is 0 Å². The highest BCUT2D eigenvalue weighted by Crippen LogP contribution is 2.33. The average molecular weight is 234 g/mol. The van der Waals surface area contributed by atoms with Crippen molar-refractivity contribution in [2.45, 2.75) is 51.7 Å². The predicted molar refractivity (Wildman–Crippen MR) is 69.0 cm³/mol. The monoisotopic (exact) mass is 234 g/mol. The third kappa shape index (κ3) is 4.00. The van der Waals surface area contributed by atoms with E-state index in [9.17, 15) is 0 Å². The molecule has 2 rings (SSSR count). The van der Waals surface area contributed by atoms with Gasteiger partial charge in [-0.25, -0.2) is 0 Å². The van der Waals surface area contributed by atoms with Gasteiger partial charge in [0, 0.05) is 12.2 Å². The summed E-state index contributed by atoms with van der Waals surface area (Å²) in [6.45, 7) is 4.05. The maximum atomic E-state index is 6.09. The highest BCUT2D eigenvalue weighted by Gasteiger charge is 2.27. The van der Waals surface area contributed by atoms with E-state index in [2.05, 4.69) is 11.1 Å². The maximum Gasteiger partial charge on any atom is 0.138 e. The quantitative estimate of drug-likeness (QED) is 0.823. The Bertz CT molecular complexity index is 361. The lowest BCUT2D eigenvalue weighted by atomic mass is 10.0. The second kappa shape index (κ2) is 5.50. The third-order valence-electron chi connectivity index (χ3n) is 3.14. The fraction of sp³-hybridized carbons (Fsp3) is 0.643. The van der Waals surface area contributed by atoms with Crippen LogP contribution in [-0.4, -0.2) is 17.1 Å². The van der Waals surface area contributed by atoms with Crippen molar-refractivity contribution in [2.24, 2.45) is 11.7 Å². The van der Waals surface area contributed by atoms with E-state index in [4.69, 9.17) is 10.5 Å². The summed E-state index contributed by atoms with van der Waals surface area (Å²) in [5.41, 5.74) is 7.32. The Kier molecular flexibility index (Phi) is 4.00. The van der Waals surface area contributed by atoms with Gasteiger partial charge in [-0.05, 0) is 57.1 Å². The van der Waals surface area contributed by atoms with Crippen LogP contribution < -0.4 is 10.5 Å². The molecular formula is C14H22N2O. The number of hydrogen-bond donors (Lipinski definition) is 1. The van der Waals surface area contributed by atoms with Crippen LogP contribution >= 0.6 is 0 Å². The summed E-state index contributed by atoms with van der Waals surface area (Å²) < 4.78 is 5.63. The van der Waals surface area contributed by atoms with Crippen LogP contribution in [0.1, 0.15) is 38.7 Å². The minimum Gasteiger partial charge on any atom is -0.489 e. The molecule has 1 fully saturated rings. The van der Waals surface area contributed by atoms with Crippen molar-refractivity contribution in [3.8, 4) is 5.75 Å². The Hall–Kier alpha value is -1.09. The molecule has 1 unspecified atom stereocenters. The molecule has 0 aliphatic heterocycles. The van der Waals surface area contributed by atoms with E-state index in [1.54, 1.807) is 6.20 Å². The highest BCUT2D eigenvalue weighted by atomic mass is 16.5. The molecule has 1 aliphatic carbocycles. The van der Waals surface area contributed by atoms with Crippen LogP contribution in [0, 0.1) is 5.92 Å². The van der Waals surface area contributed by atoms with Crippen LogP contribution in [0.3, 0.4) is 0 Å². The zero-order valence-electron chi connectivity index (χ0n) is 10.7. The van der Waals surface area contributed by atoms with Crippen LogP contribution in [-0.2, 0) is 6.42 Å². The second-order valence-corrected chi connectivity index (χ2v) is 5.24. The van der Waals surface area contributed by atoms with E-state index in [-0.39, 0.29) is 6.10 Å². The molecule has 94 valence electrons. The number of ether oxygens (including phenoxy) is 1. The summed E-state index contributed by atoms with van der Waals surface area (Å²) in [6.07, 6.45) is 8.56. The van der Waals surface area contributed by atoms with Gasteiger partial charge in [-0.1, -0.05) is 0 Å². The normalized spacial score (nSPS) is 17.2. The van der Waals surface area contributed by atoms with Crippen LogP contribution in [0.25, 0.3) is 0 Å². The SMILES string of the molecule is CC(C)Oc1cncc(CCC(N)C2CC2)c1. The first-order chi connectivity index (χ1) is 8.15. The Morgan fingerprint density at radius 2 is 2.18 bits per heavy atom. The molecule has 0 radical (unpaired) electrons. The topological polar surface area (TPSA) is 48.1 Å². The van der Waals surface area contributed by atoms with Crippen LogP contribution in [0.2, 0.25) is 0 Å². The van der Waals surface area contributed by atoms with Crippen molar-refractivity contribution >= 4 is 0 Å². The lowest BCUT2D eigenvalue weighted by Gasteiger charge is -2.12. The molecule has 3 nitrogen and oxygen atoms in total. The standard InChI is InChI=1S/C14H22N2O/c1-10(2)17-13-7-11(8-16-9-13)3-6-14(15)12-4-5-12/h7-10,12,14H,3-6,15H2,1-2H3. The Balaban J connectivity index is 1.86. The average Bonchev–Trinajstić information content (AvgIpc) is 3.09. The molecule has 1 aromatic rings. The molecule has 1 saturated carbocycles. The Morgan fingerprint density at radius 3 is 2.82 bits per heavy atom. The molecule has 1 aliphatic rings. The summed E-state index contributed by atoms with van der Waals surface area (Å²) in [5.74, 6) is 1.63. The van der Waals surface area contributed by atoms with Gasteiger partial charge in [-0.15, -0.1) is 0 Å². The van der Waals surface area contributed by atoms with Gasteiger partial charge in [0.05, 0.1) is 12.3 Å². The van der Waals surface area contributed by atoms with Gasteiger partial charge in [0.15, 0.2) is 0 Å². The minimum absolute atomic E-state index is 0.195. The number of pyridine rings is 1. The Morgan fingerprint density at radius 1 is 1.41 bits per heavy atom. The first-order valence-electron chi connectivity index (χ1n) is 6.51. The lowest BCUT2D eigenvalue weighted by molar-refractivity contribution is 0.241. The summed E-state index contributed by atoms with van der Waals surface area (Å²) in [4.78, 5) is 4.21. The summed E-state index contributed by atoms with van der Waals surface area (Å²) in [6, 6.07) is 2.44. The fourth-order valence-electron chi connectivity index (χ4n) is 2.03. The first-order valence-corrected chi connectivity index (χ1v) is 6.51. The number of nitrogens with zero attached hydrogens (tertiary/aromatic N) is 1. The van der Waals surface area contributed by atoms with E-state index < -0.39 is 0 Å². The van der Waals surface area contributed by atoms with Crippen molar-refractivity contribution < 1.29 is 4.74 Å². The highest BCUT2D eigenvalue weighted by molar-refractivity contribution is 5.24. The third-order valence-corrected chi connectivity index (χ3v) is 3.14. The molecule has 2 N–H and O–H groups in total. The van der Waals surface area contributed by atoms with E-state index in [0.717, 1.165) is 24.5 Å². The zero-order chi connectivity index (χ0) is 12.3. The fourth-order valence-corrected chi connectivity index (χ4v) is 2.03. The maximum absolute atomic E-state index is 6.09. The summed E-state index contributed by atoms with van der Waals surface area (Å²) >= 11 is 0. The van der Waals surface area contributed by atoms with Gasteiger partial charge >= 0.3 is 0 Å². The number of nitrogens with two attached hydrogens (primary N) is 1. The number of hydrogen-bond acceptors (Lipinski definition) is 3. The smallest absolute Gasteiger partial charge is 0.138 e. The van der Waals surface area contributed by atoms with E-state index in [1.807, 2.05) is 20.0 Å². The molecule has 0 spiro atoms. The molecular weight excluding hydrogens is 212 g/mol. The number of aryl methyl sites for hydroxylation is 1. The van der Waals surface area contributed by atoms with E-state index in [1.165, 1.54) is 18.4 Å². The largest absolute Gasteiger partial charge is 0.489 e. The van der Waals surface area contributed by atoms with Crippen molar-refractivity contribution in [1.82, 2.24) is 4.98 Å². The zero-order valence-corrected chi connectivity index (χ0v) is 10.7. The molecule has 0 amide bonds. The van der Waals surface area contributed by atoms with Gasteiger partial charge < -0.3 is 10.5 Å². The Labute approximate surface area is 103 Å². The van der Waals surface area contributed by atoms with Crippen molar-refractivity contribution in [1.29, 1.82) is 0 Å². The summed E-state index contributed by atoms with van der Waals surface area (Å²) in [7, 11) is 0. The van der Waals surface area contributed by atoms with Crippen molar-refractivity contribution in [3.05, 3.63) is 24.0 Å². The van der Waals surface area contributed by atoms with E-state index >= 15 is 0 Å². The molecule has 1 heterocycles. The molecule has 0 bridgehead atoms. The summed E-state index contributed by atoms with van der Waals surface area (Å²) in [5, 5.41) is 0. The first kappa shape index (κ1) is 12.4. The van der Waals surface area contributed by atoms with Gasteiger partial charge in [-0.3, -0.25) is 4.98 Å². The van der Waals surface area contributed by atoms with Crippen molar-refractivity contribution in [3.63, 3.8) is 0 Å². The number of aromatic nitrogens is 1. The minimum atomic E-state index is 0.195. The van der Waals surface area contributed by atoms with Gasteiger partial charge in [0.25, 0.3) is 0 Å². The number of rotatable bonds is 6. The second-order valence-electron chi connectivity index (χ2n) is 5.24. The molecule has 3 heteroatoms. The predicted octanol–water partition coefficient (Wildman–Crippen LogP) is 2.54. The van der Waals surface area contributed by atoms with Gasteiger partial charge in [0.1, 0.15) is 5.75 Å². The molecule has 1 aromatic heterocycles. The molecule has 0 aromatic carbocycles. The van der Waals surface area contributed by atoms with Crippen LogP contribution in [0.4, 0.5) is 0 Å². The van der Waals surface area contributed by atoms with E-state index in [0.29, 0.717) is 6.04 Å². The molecule has 17 heavy (non-hydrogen) atoms. The lowest BCUT2D eigenvalue weighted by Crippen LogP contribution is -2.22. The molecule has 0 saturated heterocycles. The van der Waals surface area contributed by atoms with Crippen molar-refractivity contribution in [2.75, 3.05) is 0 Å². The van der Waals surface area contributed by atoms with Gasteiger partial charge in [0.2, 0.25) is 0 Å². The van der Waals surface area contributed by atoms with Crippen LogP contribution in [0.5, 0.6) is 5.75 Å².